The Labute approximate surface area is 258 Å². The minimum Gasteiger partial charge on any atom is -0.497 e. The van der Waals surface area contributed by atoms with E-state index in [9.17, 15) is 14.4 Å². The molecule has 4 N–H and O–H groups in total. The van der Waals surface area contributed by atoms with Gasteiger partial charge in [0.05, 0.1) is 19.1 Å². The molecule has 0 aromatic heterocycles. The number of hydrogen-bond donors (Lipinski definition) is 3. The molecule has 0 aliphatic heterocycles. The predicted molar refractivity (Wildman–Crippen MR) is 170 cm³/mol. The van der Waals surface area contributed by atoms with Crippen LogP contribution in [0.5, 0.6) is 5.75 Å². The SMILES string of the molecule is COc1ccc(C(C)NC(=O)[C@@H](CC[C@H](N)C(=O)OCc2ccccc2)NC(=O)C(c2ccccc2)c2ccccc2)cc1. The summed E-state index contributed by atoms with van der Waals surface area (Å²) >= 11 is 0. The first-order valence-electron chi connectivity index (χ1n) is 14.7. The zero-order valence-corrected chi connectivity index (χ0v) is 25.0. The maximum atomic E-state index is 13.9. The zero-order chi connectivity index (χ0) is 31.3. The largest absolute Gasteiger partial charge is 0.497 e. The molecule has 4 aromatic rings. The van der Waals surface area contributed by atoms with Gasteiger partial charge >= 0.3 is 5.97 Å². The maximum absolute atomic E-state index is 13.9. The maximum Gasteiger partial charge on any atom is 0.323 e. The lowest BCUT2D eigenvalue weighted by Crippen LogP contribution is -2.49. The average molecular weight is 594 g/mol. The molecule has 0 bridgehead atoms. The second-order valence-electron chi connectivity index (χ2n) is 10.6. The van der Waals surface area contributed by atoms with Crippen LogP contribution < -0.4 is 21.1 Å². The van der Waals surface area contributed by atoms with Gasteiger partial charge in [-0.3, -0.25) is 14.4 Å². The molecule has 0 saturated heterocycles. The molecule has 3 atom stereocenters. The summed E-state index contributed by atoms with van der Waals surface area (Å²) in [5.74, 6) is -1.22. The Bertz CT molecular complexity index is 1440. The highest BCUT2D eigenvalue weighted by Gasteiger charge is 2.30. The third kappa shape index (κ3) is 9.02. The predicted octanol–water partition coefficient (Wildman–Crippen LogP) is 5.04. The molecule has 4 aromatic carbocycles. The van der Waals surface area contributed by atoms with Crippen LogP contribution in [0.15, 0.2) is 115 Å². The Morgan fingerprint density at radius 3 is 1.77 bits per heavy atom. The first-order valence-corrected chi connectivity index (χ1v) is 14.7. The molecule has 4 rings (SSSR count). The summed E-state index contributed by atoms with van der Waals surface area (Å²) in [6, 6.07) is 33.2. The molecule has 0 fully saturated rings. The Balaban J connectivity index is 1.50. The lowest BCUT2D eigenvalue weighted by Gasteiger charge is -2.25. The van der Waals surface area contributed by atoms with E-state index in [1.54, 1.807) is 7.11 Å². The van der Waals surface area contributed by atoms with E-state index in [1.807, 2.05) is 122 Å². The van der Waals surface area contributed by atoms with Crippen molar-refractivity contribution >= 4 is 17.8 Å². The summed E-state index contributed by atoms with van der Waals surface area (Å²) < 4.78 is 10.6. The third-order valence-electron chi connectivity index (χ3n) is 7.43. The van der Waals surface area contributed by atoms with E-state index < -0.39 is 24.0 Å². The molecule has 0 heterocycles. The van der Waals surface area contributed by atoms with Crippen LogP contribution >= 0.6 is 0 Å². The number of nitrogens with two attached hydrogens (primary N) is 1. The molecule has 0 spiro atoms. The van der Waals surface area contributed by atoms with Crippen molar-refractivity contribution < 1.29 is 23.9 Å². The van der Waals surface area contributed by atoms with Gasteiger partial charge < -0.3 is 25.8 Å². The molecule has 1 unspecified atom stereocenters. The summed E-state index contributed by atoms with van der Waals surface area (Å²) in [5, 5.41) is 5.97. The normalized spacial score (nSPS) is 12.9. The van der Waals surface area contributed by atoms with Gasteiger partial charge in [0.2, 0.25) is 11.8 Å². The number of carbonyl (C=O) groups is 3. The van der Waals surface area contributed by atoms with Crippen molar-refractivity contribution in [1.82, 2.24) is 10.6 Å². The Hall–Kier alpha value is -4.95. The minimum absolute atomic E-state index is 0.100. The lowest BCUT2D eigenvalue weighted by molar-refractivity contribution is -0.146. The van der Waals surface area contributed by atoms with Crippen molar-refractivity contribution in [3.05, 3.63) is 138 Å². The molecule has 0 aliphatic carbocycles. The second kappa shape index (κ2) is 16.0. The lowest BCUT2D eigenvalue weighted by atomic mass is 9.90. The molecule has 8 heteroatoms. The van der Waals surface area contributed by atoms with E-state index in [0.29, 0.717) is 5.75 Å². The Morgan fingerprint density at radius 2 is 1.23 bits per heavy atom. The summed E-state index contributed by atoms with van der Waals surface area (Å²) in [4.78, 5) is 40.2. The number of rotatable bonds is 14. The van der Waals surface area contributed by atoms with Crippen LogP contribution in [0.25, 0.3) is 0 Å². The number of benzene rings is 4. The van der Waals surface area contributed by atoms with Gasteiger partial charge in [0, 0.05) is 0 Å². The molecule has 2 amide bonds. The zero-order valence-electron chi connectivity index (χ0n) is 25.0. The molecule has 0 aliphatic rings. The molecular formula is C36H39N3O5. The van der Waals surface area contributed by atoms with Crippen molar-refractivity contribution in [3.8, 4) is 5.75 Å². The summed E-state index contributed by atoms with van der Waals surface area (Å²) in [5.41, 5.74) is 9.50. The van der Waals surface area contributed by atoms with Crippen LogP contribution in [0.1, 0.15) is 54.0 Å². The van der Waals surface area contributed by atoms with E-state index in [1.165, 1.54) is 0 Å². The molecule has 0 saturated carbocycles. The third-order valence-corrected chi connectivity index (χ3v) is 7.43. The molecular weight excluding hydrogens is 554 g/mol. The van der Waals surface area contributed by atoms with E-state index in [0.717, 1.165) is 22.3 Å². The van der Waals surface area contributed by atoms with Gasteiger partial charge in [-0.1, -0.05) is 103 Å². The minimum atomic E-state index is -0.969. The van der Waals surface area contributed by atoms with Crippen LogP contribution in [0.4, 0.5) is 0 Å². The van der Waals surface area contributed by atoms with Crippen LogP contribution in [0.3, 0.4) is 0 Å². The fourth-order valence-electron chi connectivity index (χ4n) is 4.90. The molecule has 228 valence electrons. The molecule has 0 radical (unpaired) electrons. The standard InChI is InChI=1S/C36H39N3O5/c1-25(27-18-20-30(43-2)21-19-27)38-34(40)32(23-22-31(37)36(42)44-24-26-12-6-3-7-13-26)39-35(41)33(28-14-8-4-9-15-28)29-16-10-5-11-17-29/h3-21,25,31-33H,22-24,37H2,1-2H3,(H,38,40)(H,39,41)/t25?,31-,32+/m0/s1. The van der Waals surface area contributed by atoms with Crippen molar-refractivity contribution in [3.63, 3.8) is 0 Å². The van der Waals surface area contributed by atoms with E-state index in [2.05, 4.69) is 10.6 Å². The average Bonchev–Trinajstić information content (AvgIpc) is 3.06. The Kier molecular flexibility index (Phi) is 11.7. The van der Waals surface area contributed by atoms with Gasteiger partial charge in [0.1, 0.15) is 24.4 Å². The van der Waals surface area contributed by atoms with Gasteiger partial charge in [0.25, 0.3) is 0 Å². The quantitative estimate of drug-likeness (QED) is 0.176. The van der Waals surface area contributed by atoms with Gasteiger partial charge in [-0.2, -0.15) is 0 Å². The van der Waals surface area contributed by atoms with Gasteiger partial charge in [-0.05, 0) is 54.2 Å². The summed E-state index contributed by atoms with van der Waals surface area (Å²) in [6.07, 6.45) is 0.259. The fraction of sp³-hybridized carbons (Fsp3) is 0.250. The smallest absolute Gasteiger partial charge is 0.323 e. The number of methoxy groups -OCH3 is 1. The molecule has 8 nitrogen and oxygen atoms in total. The number of esters is 1. The van der Waals surface area contributed by atoms with Crippen LogP contribution in [-0.4, -0.2) is 37.0 Å². The first kappa shape index (κ1) is 32.0. The van der Waals surface area contributed by atoms with Gasteiger partial charge in [-0.25, -0.2) is 0 Å². The monoisotopic (exact) mass is 593 g/mol. The number of amides is 2. The molecule has 44 heavy (non-hydrogen) atoms. The summed E-state index contributed by atoms with van der Waals surface area (Å²) in [7, 11) is 1.59. The fourth-order valence-corrected chi connectivity index (χ4v) is 4.90. The van der Waals surface area contributed by atoms with Crippen molar-refractivity contribution in [2.24, 2.45) is 5.73 Å². The first-order chi connectivity index (χ1) is 21.4. The topological polar surface area (TPSA) is 120 Å². The second-order valence-corrected chi connectivity index (χ2v) is 10.6. The van der Waals surface area contributed by atoms with Crippen molar-refractivity contribution in [2.45, 2.75) is 50.4 Å². The number of carbonyl (C=O) groups excluding carboxylic acids is 3. The highest BCUT2D eigenvalue weighted by Crippen LogP contribution is 2.25. The highest BCUT2D eigenvalue weighted by molar-refractivity contribution is 5.92. The van der Waals surface area contributed by atoms with Gasteiger partial charge in [0.15, 0.2) is 0 Å². The summed E-state index contributed by atoms with van der Waals surface area (Å²) in [6.45, 7) is 1.96. The van der Waals surface area contributed by atoms with E-state index >= 15 is 0 Å². The number of hydrogen-bond acceptors (Lipinski definition) is 6. The number of ether oxygens (including phenoxy) is 2. The van der Waals surface area contributed by atoms with Gasteiger partial charge in [-0.15, -0.1) is 0 Å². The van der Waals surface area contributed by atoms with Crippen molar-refractivity contribution in [1.29, 1.82) is 0 Å². The van der Waals surface area contributed by atoms with Crippen LogP contribution in [-0.2, 0) is 25.7 Å². The Morgan fingerprint density at radius 1 is 0.682 bits per heavy atom. The van der Waals surface area contributed by atoms with E-state index in [4.69, 9.17) is 15.2 Å². The highest BCUT2D eigenvalue weighted by atomic mass is 16.5. The number of nitrogens with one attached hydrogen (secondary N) is 2. The van der Waals surface area contributed by atoms with Crippen molar-refractivity contribution in [2.75, 3.05) is 7.11 Å². The van der Waals surface area contributed by atoms with Crippen LogP contribution in [0.2, 0.25) is 0 Å². The van der Waals surface area contributed by atoms with Crippen LogP contribution in [0, 0.1) is 0 Å². The van der Waals surface area contributed by atoms with E-state index in [-0.39, 0.29) is 37.3 Å².